The van der Waals surface area contributed by atoms with Crippen molar-refractivity contribution in [3.8, 4) is 0 Å². The fourth-order valence-corrected chi connectivity index (χ4v) is 3.67. The molecule has 0 aromatic heterocycles. The van der Waals surface area contributed by atoms with Gasteiger partial charge in [-0.05, 0) is 73.6 Å². The molecule has 2 heteroatoms. The summed E-state index contributed by atoms with van der Waals surface area (Å²) in [5.41, 5.74) is 13.5. The number of benzene rings is 3. The smallest absolute Gasteiger partial charge is 0.123 e. The Bertz CT molecular complexity index is 904. The van der Waals surface area contributed by atoms with E-state index in [1.165, 1.54) is 66.5 Å². The molecule has 0 aliphatic carbocycles. The Labute approximate surface area is 242 Å². The van der Waals surface area contributed by atoms with Crippen LogP contribution in [0, 0.1) is 19.7 Å². The normalized spacial score (nSPS) is 10.2. The maximum absolute atomic E-state index is 12.1. The first-order valence-corrected chi connectivity index (χ1v) is 15.4. The van der Waals surface area contributed by atoms with Crippen molar-refractivity contribution in [2.24, 2.45) is 0 Å². The van der Waals surface area contributed by atoms with Gasteiger partial charge in [0.15, 0.2) is 0 Å². The lowest BCUT2D eigenvalue weighted by Crippen LogP contribution is -2.04. The minimum atomic E-state index is -0.171. The second-order valence-corrected chi connectivity index (χ2v) is 9.95. The SMILES string of the molecule is CC.CCCC.CCCCC.CCCc1cc(N)ccc1C(C)Cc1ccc(C)cc1.Cc1ccc(F)cc1. The summed E-state index contributed by atoms with van der Waals surface area (Å²) >= 11 is 0. The number of hydrogen-bond acceptors (Lipinski definition) is 1. The highest BCUT2D eigenvalue weighted by atomic mass is 19.1. The van der Waals surface area contributed by atoms with Crippen LogP contribution in [0.15, 0.2) is 66.7 Å². The van der Waals surface area contributed by atoms with Crippen molar-refractivity contribution in [2.75, 3.05) is 5.73 Å². The Morgan fingerprint density at radius 2 is 1.15 bits per heavy atom. The van der Waals surface area contributed by atoms with Gasteiger partial charge in [-0.15, -0.1) is 0 Å². The predicted molar refractivity (Wildman–Crippen MR) is 176 cm³/mol. The van der Waals surface area contributed by atoms with Crippen molar-refractivity contribution in [3.05, 3.63) is 100 Å². The number of aryl methyl sites for hydroxylation is 3. The lowest BCUT2D eigenvalue weighted by atomic mass is 9.88. The molecular weight excluding hydrogens is 477 g/mol. The maximum atomic E-state index is 12.1. The second-order valence-electron chi connectivity index (χ2n) is 9.95. The van der Waals surface area contributed by atoms with E-state index < -0.39 is 0 Å². The molecule has 0 saturated carbocycles. The minimum absolute atomic E-state index is 0.171. The molecule has 0 fully saturated rings. The summed E-state index contributed by atoms with van der Waals surface area (Å²) < 4.78 is 12.1. The van der Waals surface area contributed by atoms with Crippen molar-refractivity contribution >= 4 is 5.69 Å². The van der Waals surface area contributed by atoms with Crippen LogP contribution in [0.2, 0.25) is 0 Å². The molecular formula is C37H60FN. The van der Waals surface area contributed by atoms with Gasteiger partial charge in [0.2, 0.25) is 0 Å². The van der Waals surface area contributed by atoms with Gasteiger partial charge in [-0.25, -0.2) is 4.39 Å². The van der Waals surface area contributed by atoms with Crippen LogP contribution in [0.5, 0.6) is 0 Å². The van der Waals surface area contributed by atoms with E-state index in [4.69, 9.17) is 5.73 Å². The highest BCUT2D eigenvalue weighted by Crippen LogP contribution is 2.26. The number of unbranched alkanes of at least 4 members (excludes halogenated alkanes) is 3. The minimum Gasteiger partial charge on any atom is -0.399 e. The van der Waals surface area contributed by atoms with Crippen LogP contribution in [0.1, 0.15) is 128 Å². The monoisotopic (exact) mass is 537 g/mol. The van der Waals surface area contributed by atoms with Crippen LogP contribution >= 0.6 is 0 Å². The summed E-state index contributed by atoms with van der Waals surface area (Å²) in [4.78, 5) is 0. The van der Waals surface area contributed by atoms with E-state index in [-0.39, 0.29) is 5.82 Å². The van der Waals surface area contributed by atoms with Crippen LogP contribution in [0.3, 0.4) is 0 Å². The zero-order chi connectivity index (χ0) is 30.1. The van der Waals surface area contributed by atoms with Crippen molar-refractivity contribution < 1.29 is 4.39 Å². The van der Waals surface area contributed by atoms with E-state index in [0.717, 1.165) is 30.5 Å². The average Bonchev–Trinajstić information content (AvgIpc) is 2.94. The third kappa shape index (κ3) is 20.0. The number of rotatable bonds is 8. The molecule has 0 radical (unpaired) electrons. The molecule has 0 saturated heterocycles. The van der Waals surface area contributed by atoms with Crippen molar-refractivity contribution in [1.29, 1.82) is 0 Å². The second kappa shape index (κ2) is 25.7. The fraction of sp³-hybridized carbons (Fsp3) is 0.514. The first kappa shape index (κ1) is 38.5. The molecule has 39 heavy (non-hydrogen) atoms. The number of hydrogen-bond donors (Lipinski definition) is 1. The van der Waals surface area contributed by atoms with Crippen molar-refractivity contribution in [3.63, 3.8) is 0 Å². The fourth-order valence-electron chi connectivity index (χ4n) is 3.67. The first-order valence-electron chi connectivity index (χ1n) is 15.4. The van der Waals surface area contributed by atoms with E-state index in [9.17, 15) is 4.39 Å². The van der Waals surface area contributed by atoms with Crippen LogP contribution < -0.4 is 5.73 Å². The molecule has 0 spiro atoms. The highest BCUT2D eigenvalue weighted by Gasteiger charge is 2.11. The molecule has 3 aromatic rings. The number of halogens is 1. The summed E-state index contributed by atoms with van der Waals surface area (Å²) in [5, 5.41) is 0. The first-order chi connectivity index (χ1) is 18.7. The molecule has 3 rings (SSSR count). The summed E-state index contributed by atoms with van der Waals surface area (Å²) in [5.74, 6) is 0.357. The Hall–Kier alpha value is -2.61. The Kier molecular flexibility index (Phi) is 25.4. The van der Waals surface area contributed by atoms with Gasteiger partial charge < -0.3 is 5.73 Å². The Morgan fingerprint density at radius 3 is 1.54 bits per heavy atom. The number of anilines is 1. The maximum Gasteiger partial charge on any atom is 0.123 e. The summed E-state index contributed by atoms with van der Waals surface area (Å²) in [6.07, 6.45) is 10.1. The van der Waals surface area contributed by atoms with E-state index in [1.54, 1.807) is 12.1 Å². The summed E-state index contributed by atoms with van der Waals surface area (Å²) in [6, 6.07) is 21.6. The third-order valence-electron chi connectivity index (χ3n) is 6.10. The van der Waals surface area contributed by atoms with Crippen LogP contribution in [-0.4, -0.2) is 0 Å². The summed E-state index contributed by atoms with van der Waals surface area (Å²) in [7, 11) is 0. The molecule has 1 unspecified atom stereocenters. The molecule has 0 aliphatic heterocycles. The molecule has 1 nitrogen and oxygen atoms in total. The van der Waals surface area contributed by atoms with Crippen LogP contribution in [0.4, 0.5) is 10.1 Å². The van der Waals surface area contributed by atoms with E-state index in [0.29, 0.717) is 5.92 Å². The Balaban J connectivity index is 0. The topological polar surface area (TPSA) is 26.0 Å². The molecule has 0 bridgehead atoms. The number of nitrogen functional groups attached to an aromatic ring is 1. The quantitative estimate of drug-likeness (QED) is 0.284. The van der Waals surface area contributed by atoms with Gasteiger partial charge in [-0.1, -0.05) is 148 Å². The highest BCUT2D eigenvalue weighted by molar-refractivity contribution is 5.46. The van der Waals surface area contributed by atoms with Gasteiger partial charge in [0, 0.05) is 5.69 Å². The molecule has 220 valence electrons. The number of nitrogens with two attached hydrogens (primary N) is 1. The van der Waals surface area contributed by atoms with Gasteiger partial charge in [-0.3, -0.25) is 0 Å². The zero-order valence-electron chi connectivity index (χ0n) is 27.0. The van der Waals surface area contributed by atoms with Crippen LogP contribution in [0.25, 0.3) is 0 Å². The average molecular weight is 538 g/mol. The van der Waals surface area contributed by atoms with E-state index in [1.807, 2.05) is 26.8 Å². The predicted octanol–water partition coefficient (Wildman–Crippen LogP) is 12.0. The molecule has 2 N–H and O–H groups in total. The van der Waals surface area contributed by atoms with Gasteiger partial charge in [0.1, 0.15) is 5.82 Å². The molecule has 0 aliphatic rings. The van der Waals surface area contributed by atoms with Crippen LogP contribution in [-0.2, 0) is 12.8 Å². The zero-order valence-corrected chi connectivity index (χ0v) is 27.0. The van der Waals surface area contributed by atoms with Gasteiger partial charge >= 0.3 is 0 Å². The molecule has 1 atom stereocenters. The largest absolute Gasteiger partial charge is 0.399 e. The molecule has 0 heterocycles. The summed E-state index contributed by atoms with van der Waals surface area (Å²) in [6.45, 7) is 21.4. The van der Waals surface area contributed by atoms with Gasteiger partial charge in [0.25, 0.3) is 0 Å². The lowest BCUT2D eigenvalue weighted by Gasteiger charge is -2.17. The standard InChI is InChI=1S/C19H25N.C7H7F.C5H12.C4H10.C2H6/c1-4-5-17-13-18(20)10-11-19(17)15(3)12-16-8-6-14(2)7-9-16;1-6-2-4-7(8)5-3-6;1-3-5-4-2;1-3-4-2;1-2/h6-11,13,15H,4-5,12,20H2,1-3H3;2-5H,1H3;3-5H2,1-2H3;3-4H2,1-2H3;1-2H3. The molecule has 0 amide bonds. The Morgan fingerprint density at radius 1 is 0.667 bits per heavy atom. The van der Waals surface area contributed by atoms with Gasteiger partial charge in [-0.2, -0.15) is 0 Å². The van der Waals surface area contributed by atoms with Gasteiger partial charge in [0.05, 0.1) is 0 Å². The van der Waals surface area contributed by atoms with E-state index in [2.05, 4.69) is 84.9 Å². The van der Waals surface area contributed by atoms with E-state index >= 15 is 0 Å². The van der Waals surface area contributed by atoms with Crippen molar-refractivity contribution in [2.45, 2.75) is 127 Å². The third-order valence-corrected chi connectivity index (χ3v) is 6.10. The lowest BCUT2D eigenvalue weighted by molar-refractivity contribution is 0.627. The van der Waals surface area contributed by atoms with Crippen molar-refractivity contribution in [1.82, 2.24) is 0 Å². The molecule has 3 aromatic carbocycles.